The Labute approximate surface area is 135 Å². The van der Waals surface area contributed by atoms with Gasteiger partial charge in [0.15, 0.2) is 11.5 Å². The maximum absolute atomic E-state index is 9.53. The summed E-state index contributed by atoms with van der Waals surface area (Å²) in [6, 6.07) is 16.4. The minimum absolute atomic E-state index is 0.110. The van der Waals surface area contributed by atoms with Crippen LogP contribution in [0, 0.1) is 11.3 Å². The minimum atomic E-state index is 0.110. The summed E-state index contributed by atoms with van der Waals surface area (Å²) in [6.45, 7) is 2.12. The fourth-order valence-corrected chi connectivity index (χ4v) is 2.96. The molecule has 0 aliphatic carbocycles. The SMILES string of the molecule is COc1ccc2c(c(C#N)cn2[C@H](C)c2ccccc2)c1OC. The first-order valence-electron chi connectivity index (χ1n) is 7.41. The molecule has 1 aromatic heterocycles. The van der Waals surface area contributed by atoms with Crippen molar-refractivity contribution in [2.75, 3.05) is 14.2 Å². The summed E-state index contributed by atoms with van der Waals surface area (Å²) in [5.74, 6) is 1.22. The van der Waals surface area contributed by atoms with Gasteiger partial charge in [-0.25, -0.2) is 0 Å². The first-order chi connectivity index (χ1) is 11.2. The molecule has 0 saturated heterocycles. The van der Waals surface area contributed by atoms with E-state index in [4.69, 9.17) is 9.47 Å². The smallest absolute Gasteiger partial charge is 0.171 e. The predicted molar refractivity (Wildman–Crippen MR) is 90.0 cm³/mol. The van der Waals surface area contributed by atoms with E-state index in [1.807, 2.05) is 36.5 Å². The summed E-state index contributed by atoms with van der Waals surface area (Å²) in [7, 11) is 3.19. The fraction of sp³-hybridized carbons (Fsp3) is 0.211. The Hall–Kier alpha value is -2.93. The van der Waals surface area contributed by atoms with Crippen LogP contribution in [0.3, 0.4) is 0 Å². The molecule has 116 valence electrons. The highest BCUT2D eigenvalue weighted by atomic mass is 16.5. The number of hydrogen-bond acceptors (Lipinski definition) is 3. The molecule has 0 radical (unpaired) electrons. The summed E-state index contributed by atoms with van der Waals surface area (Å²) in [5.41, 5.74) is 2.72. The first kappa shape index (κ1) is 15.0. The lowest BCUT2D eigenvalue weighted by molar-refractivity contribution is 0.358. The molecule has 4 nitrogen and oxygen atoms in total. The topological polar surface area (TPSA) is 47.2 Å². The highest BCUT2D eigenvalue weighted by molar-refractivity contribution is 5.94. The van der Waals surface area contributed by atoms with Gasteiger partial charge in [-0.1, -0.05) is 30.3 Å². The molecule has 0 spiro atoms. The van der Waals surface area contributed by atoms with Crippen LogP contribution in [0.4, 0.5) is 0 Å². The minimum Gasteiger partial charge on any atom is -0.493 e. The Morgan fingerprint density at radius 1 is 1.04 bits per heavy atom. The van der Waals surface area contributed by atoms with Gasteiger partial charge in [-0.3, -0.25) is 0 Å². The van der Waals surface area contributed by atoms with E-state index in [2.05, 4.69) is 29.7 Å². The molecule has 23 heavy (non-hydrogen) atoms. The lowest BCUT2D eigenvalue weighted by atomic mass is 10.1. The highest BCUT2D eigenvalue weighted by Gasteiger charge is 2.20. The van der Waals surface area contributed by atoms with Crippen molar-refractivity contribution in [3.05, 3.63) is 59.8 Å². The van der Waals surface area contributed by atoms with Crippen LogP contribution in [-0.2, 0) is 0 Å². The van der Waals surface area contributed by atoms with Gasteiger partial charge in [0.2, 0.25) is 0 Å². The van der Waals surface area contributed by atoms with E-state index in [9.17, 15) is 5.26 Å². The van der Waals surface area contributed by atoms with Crippen molar-refractivity contribution in [3.8, 4) is 17.6 Å². The van der Waals surface area contributed by atoms with Gasteiger partial charge < -0.3 is 14.0 Å². The van der Waals surface area contributed by atoms with Crippen molar-refractivity contribution in [3.63, 3.8) is 0 Å². The Balaban J connectivity index is 2.26. The van der Waals surface area contributed by atoms with Crippen molar-refractivity contribution in [1.29, 1.82) is 5.26 Å². The van der Waals surface area contributed by atoms with E-state index in [-0.39, 0.29) is 6.04 Å². The third-order valence-corrected chi connectivity index (χ3v) is 4.16. The molecular weight excluding hydrogens is 288 g/mol. The molecule has 0 saturated carbocycles. The molecule has 3 aromatic rings. The average molecular weight is 306 g/mol. The second kappa shape index (κ2) is 6.05. The van der Waals surface area contributed by atoms with Gasteiger partial charge in [0.25, 0.3) is 0 Å². The van der Waals surface area contributed by atoms with Crippen molar-refractivity contribution in [1.82, 2.24) is 4.57 Å². The molecular formula is C19H18N2O2. The first-order valence-corrected chi connectivity index (χ1v) is 7.41. The van der Waals surface area contributed by atoms with Crippen LogP contribution in [0.2, 0.25) is 0 Å². The van der Waals surface area contributed by atoms with Gasteiger partial charge in [0.1, 0.15) is 6.07 Å². The van der Waals surface area contributed by atoms with Crippen molar-refractivity contribution >= 4 is 10.9 Å². The number of ether oxygens (including phenoxy) is 2. The molecule has 0 aliphatic rings. The standard InChI is InChI=1S/C19H18N2O2/c1-13(14-7-5-4-6-8-14)21-12-15(11-20)18-16(21)9-10-17(22-2)19(18)23-3/h4-10,12-13H,1-3H3/t13-/m1/s1. The monoisotopic (exact) mass is 306 g/mol. The van der Waals surface area contributed by atoms with Gasteiger partial charge >= 0.3 is 0 Å². The molecule has 0 amide bonds. The van der Waals surface area contributed by atoms with Gasteiger partial charge in [0.05, 0.1) is 36.7 Å². The molecule has 0 bridgehead atoms. The number of aromatic nitrogens is 1. The maximum atomic E-state index is 9.53. The molecule has 1 atom stereocenters. The number of rotatable bonds is 4. The van der Waals surface area contributed by atoms with Crippen LogP contribution in [0.1, 0.15) is 24.1 Å². The van der Waals surface area contributed by atoms with E-state index in [1.54, 1.807) is 14.2 Å². The third kappa shape index (κ3) is 2.40. The number of nitrogens with zero attached hydrogens (tertiary/aromatic N) is 2. The van der Waals surface area contributed by atoms with E-state index in [0.717, 1.165) is 10.9 Å². The zero-order valence-electron chi connectivity index (χ0n) is 13.4. The van der Waals surface area contributed by atoms with Crippen LogP contribution in [0.15, 0.2) is 48.7 Å². The highest BCUT2D eigenvalue weighted by Crippen LogP contribution is 2.39. The molecule has 2 aromatic carbocycles. The number of hydrogen-bond donors (Lipinski definition) is 0. The van der Waals surface area contributed by atoms with Crippen LogP contribution >= 0.6 is 0 Å². The van der Waals surface area contributed by atoms with Crippen LogP contribution in [0.25, 0.3) is 10.9 Å². The molecule has 0 N–H and O–H groups in total. The predicted octanol–water partition coefficient (Wildman–Crippen LogP) is 4.14. The summed E-state index contributed by atoms with van der Waals surface area (Å²) in [5, 5.41) is 10.3. The molecule has 0 fully saturated rings. The largest absolute Gasteiger partial charge is 0.493 e. The van der Waals surface area contributed by atoms with E-state index < -0.39 is 0 Å². The zero-order valence-corrected chi connectivity index (χ0v) is 13.4. The Morgan fingerprint density at radius 2 is 1.78 bits per heavy atom. The molecule has 0 aliphatic heterocycles. The van der Waals surface area contributed by atoms with E-state index in [1.165, 1.54) is 5.56 Å². The number of nitriles is 1. The number of fused-ring (bicyclic) bond motifs is 1. The number of benzene rings is 2. The van der Waals surface area contributed by atoms with Gasteiger partial charge in [-0.15, -0.1) is 0 Å². The normalized spacial score (nSPS) is 11.9. The Morgan fingerprint density at radius 3 is 2.39 bits per heavy atom. The maximum Gasteiger partial charge on any atom is 0.171 e. The molecule has 0 unspecified atom stereocenters. The molecule has 4 heteroatoms. The van der Waals surface area contributed by atoms with Crippen molar-refractivity contribution < 1.29 is 9.47 Å². The number of methoxy groups -OCH3 is 2. The van der Waals surface area contributed by atoms with Crippen molar-refractivity contribution in [2.45, 2.75) is 13.0 Å². The van der Waals surface area contributed by atoms with Crippen LogP contribution in [-0.4, -0.2) is 18.8 Å². The lowest BCUT2D eigenvalue weighted by Gasteiger charge is -2.16. The summed E-state index contributed by atoms with van der Waals surface area (Å²) < 4.78 is 13.0. The van der Waals surface area contributed by atoms with Crippen LogP contribution < -0.4 is 9.47 Å². The summed E-state index contributed by atoms with van der Waals surface area (Å²) in [6.07, 6.45) is 1.88. The average Bonchev–Trinajstić information content (AvgIpc) is 2.99. The van der Waals surface area contributed by atoms with Gasteiger partial charge in [0, 0.05) is 6.20 Å². The van der Waals surface area contributed by atoms with Crippen molar-refractivity contribution in [2.24, 2.45) is 0 Å². The zero-order chi connectivity index (χ0) is 16.4. The Kier molecular flexibility index (Phi) is 3.94. The fourth-order valence-electron chi connectivity index (χ4n) is 2.96. The van der Waals surface area contributed by atoms with E-state index in [0.29, 0.717) is 17.1 Å². The molecule has 1 heterocycles. The Bertz CT molecular complexity index is 876. The summed E-state index contributed by atoms with van der Waals surface area (Å²) in [4.78, 5) is 0. The molecule has 3 rings (SSSR count). The van der Waals surface area contributed by atoms with Gasteiger partial charge in [-0.2, -0.15) is 5.26 Å². The van der Waals surface area contributed by atoms with Gasteiger partial charge in [-0.05, 0) is 24.6 Å². The van der Waals surface area contributed by atoms with Crippen LogP contribution in [0.5, 0.6) is 11.5 Å². The quantitative estimate of drug-likeness (QED) is 0.728. The van der Waals surface area contributed by atoms with E-state index >= 15 is 0 Å². The lowest BCUT2D eigenvalue weighted by Crippen LogP contribution is -2.05. The third-order valence-electron chi connectivity index (χ3n) is 4.16. The second-order valence-electron chi connectivity index (χ2n) is 5.34. The second-order valence-corrected chi connectivity index (χ2v) is 5.34. The summed E-state index contributed by atoms with van der Waals surface area (Å²) >= 11 is 0.